The van der Waals surface area contributed by atoms with Gasteiger partial charge in [0.05, 0.1) is 0 Å². The molecule has 9 heteroatoms. The zero-order chi connectivity index (χ0) is 18.6. The van der Waals surface area contributed by atoms with Crippen molar-refractivity contribution in [3.05, 3.63) is 48.2 Å². The molecule has 0 saturated carbocycles. The zero-order valence-electron chi connectivity index (χ0n) is 15.6. The van der Waals surface area contributed by atoms with Gasteiger partial charge in [-0.25, -0.2) is 14.6 Å². The fourth-order valence-electron chi connectivity index (χ4n) is 3.75. The molecule has 4 heterocycles. The van der Waals surface area contributed by atoms with Crippen molar-refractivity contribution in [1.82, 2.24) is 39.4 Å². The maximum atomic E-state index is 5.98. The maximum Gasteiger partial charge on any atom is 0.154 e. The molecule has 142 valence electrons. The molecule has 2 N–H and O–H groups in total. The van der Waals surface area contributed by atoms with Crippen LogP contribution < -0.4 is 5.73 Å². The predicted molar refractivity (Wildman–Crippen MR) is 101 cm³/mol. The van der Waals surface area contributed by atoms with Crippen LogP contribution in [0.5, 0.6) is 0 Å². The van der Waals surface area contributed by atoms with Crippen LogP contribution in [0.25, 0.3) is 0 Å². The lowest BCUT2D eigenvalue weighted by Gasteiger charge is -2.31. The second-order valence-electron chi connectivity index (χ2n) is 6.91. The number of pyridine rings is 1. The van der Waals surface area contributed by atoms with E-state index in [1.165, 1.54) is 6.33 Å². The number of nitrogen functional groups attached to an aromatic ring is 1. The summed E-state index contributed by atoms with van der Waals surface area (Å²) in [6.07, 6.45) is 7.12. The molecule has 4 rings (SSSR count). The SMILES string of the molecule is CCn1c(Cn2cncn2)nnc1C1CCN(Cc2cccnc2N)CC1. The summed E-state index contributed by atoms with van der Waals surface area (Å²) in [6.45, 7) is 6.49. The first-order chi connectivity index (χ1) is 13.2. The quantitative estimate of drug-likeness (QED) is 0.700. The molecule has 3 aromatic rings. The van der Waals surface area contributed by atoms with Gasteiger partial charge in [0.15, 0.2) is 5.82 Å². The Morgan fingerprint density at radius 1 is 1.19 bits per heavy atom. The van der Waals surface area contributed by atoms with Crippen LogP contribution in [0.15, 0.2) is 31.0 Å². The van der Waals surface area contributed by atoms with Crippen LogP contribution in [0.4, 0.5) is 5.82 Å². The molecule has 3 aromatic heterocycles. The van der Waals surface area contributed by atoms with E-state index in [0.717, 1.165) is 56.2 Å². The van der Waals surface area contributed by atoms with E-state index < -0.39 is 0 Å². The Labute approximate surface area is 158 Å². The molecule has 1 aliphatic rings. The van der Waals surface area contributed by atoms with Crippen molar-refractivity contribution in [2.45, 2.75) is 45.3 Å². The first-order valence-electron chi connectivity index (χ1n) is 9.40. The molecule has 1 fully saturated rings. The summed E-state index contributed by atoms with van der Waals surface area (Å²) in [5, 5.41) is 13.1. The lowest BCUT2D eigenvalue weighted by molar-refractivity contribution is 0.200. The molecule has 0 radical (unpaired) electrons. The summed E-state index contributed by atoms with van der Waals surface area (Å²) in [6, 6.07) is 4.00. The number of aromatic nitrogens is 7. The minimum atomic E-state index is 0.435. The van der Waals surface area contributed by atoms with E-state index >= 15 is 0 Å². The smallest absolute Gasteiger partial charge is 0.154 e. The van der Waals surface area contributed by atoms with E-state index in [0.29, 0.717) is 18.3 Å². The van der Waals surface area contributed by atoms with Crippen LogP contribution in [0, 0.1) is 0 Å². The molecule has 0 amide bonds. The first-order valence-corrected chi connectivity index (χ1v) is 9.40. The maximum absolute atomic E-state index is 5.98. The number of likely N-dealkylation sites (tertiary alicyclic amines) is 1. The van der Waals surface area contributed by atoms with Crippen LogP contribution in [-0.4, -0.2) is 52.5 Å². The molecule has 1 saturated heterocycles. The standard InChI is InChI=1S/C18H25N9/c1-2-27-16(11-26-13-20-12-22-26)23-24-18(27)14-5-8-25(9-6-14)10-15-4-3-7-21-17(15)19/h3-4,7,12-14H,2,5-6,8-11H2,1H3,(H2,19,21). The van der Waals surface area contributed by atoms with Gasteiger partial charge in [-0.15, -0.1) is 10.2 Å². The van der Waals surface area contributed by atoms with E-state index in [9.17, 15) is 0 Å². The van der Waals surface area contributed by atoms with E-state index in [-0.39, 0.29) is 0 Å². The molecule has 0 atom stereocenters. The van der Waals surface area contributed by atoms with Crippen LogP contribution in [0.1, 0.15) is 42.9 Å². The molecular weight excluding hydrogens is 342 g/mol. The van der Waals surface area contributed by atoms with Gasteiger partial charge in [0, 0.05) is 30.8 Å². The van der Waals surface area contributed by atoms with Crippen LogP contribution >= 0.6 is 0 Å². The van der Waals surface area contributed by atoms with E-state index in [4.69, 9.17) is 5.73 Å². The molecule has 1 aliphatic heterocycles. The van der Waals surface area contributed by atoms with Gasteiger partial charge in [-0.1, -0.05) is 6.07 Å². The lowest BCUT2D eigenvalue weighted by Crippen LogP contribution is -2.33. The summed E-state index contributed by atoms with van der Waals surface area (Å²) in [4.78, 5) is 10.6. The molecule has 0 bridgehead atoms. The van der Waals surface area contributed by atoms with Crippen LogP contribution in [0.2, 0.25) is 0 Å². The highest BCUT2D eigenvalue weighted by molar-refractivity contribution is 5.38. The molecule has 0 spiro atoms. The predicted octanol–water partition coefficient (Wildman–Crippen LogP) is 1.29. The van der Waals surface area contributed by atoms with Gasteiger partial charge in [-0.3, -0.25) is 4.90 Å². The largest absolute Gasteiger partial charge is 0.383 e. The zero-order valence-corrected chi connectivity index (χ0v) is 15.6. The van der Waals surface area contributed by atoms with Gasteiger partial charge in [-0.05, 0) is 38.9 Å². The average molecular weight is 367 g/mol. The van der Waals surface area contributed by atoms with Gasteiger partial charge in [0.1, 0.15) is 30.8 Å². The van der Waals surface area contributed by atoms with Gasteiger partial charge in [-0.2, -0.15) is 5.10 Å². The summed E-state index contributed by atoms with van der Waals surface area (Å²) in [7, 11) is 0. The number of anilines is 1. The molecule has 0 aromatic carbocycles. The number of nitrogens with two attached hydrogens (primary N) is 1. The molecule has 0 aliphatic carbocycles. The van der Waals surface area contributed by atoms with E-state index in [1.54, 1.807) is 17.2 Å². The summed E-state index contributed by atoms with van der Waals surface area (Å²) < 4.78 is 4.00. The van der Waals surface area contributed by atoms with Crippen LogP contribution in [0.3, 0.4) is 0 Å². The van der Waals surface area contributed by atoms with Crippen molar-refractivity contribution in [2.24, 2.45) is 0 Å². The fourth-order valence-corrected chi connectivity index (χ4v) is 3.75. The summed E-state index contributed by atoms with van der Waals surface area (Å²) in [5.41, 5.74) is 7.08. The second kappa shape index (κ2) is 7.83. The molecule has 27 heavy (non-hydrogen) atoms. The van der Waals surface area contributed by atoms with E-state index in [1.807, 2.05) is 6.07 Å². The Bertz CT molecular complexity index is 863. The number of rotatable bonds is 6. The van der Waals surface area contributed by atoms with Gasteiger partial charge in [0.2, 0.25) is 0 Å². The van der Waals surface area contributed by atoms with Crippen molar-refractivity contribution in [2.75, 3.05) is 18.8 Å². The third-order valence-corrected chi connectivity index (χ3v) is 5.22. The highest BCUT2D eigenvalue weighted by Gasteiger charge is 2.26. The number of piperidine rings is 1. The van der Waals surface area contributed by atoms with Crippen molar-refractivity contribution in [3.63, 3.8) is 0 Å². The minimum absolute atomic E-state index is 0.435. The average Bonchev–Trinajstić information content (AvgIpc) is 3.34. The van der Waals surface area contributed by atoms with Crippen molar-refractivity contribution in [3.8, 4) is 0 Å². The molecular formula is C18H25N9. The van der Waals surface area contributed by atoms with E-state index in [2.05, 4.69) is 47.7 Å². The Morgan fingerprint density at radius 3 is 2.74 bits per heavy atom. The molecule has 9 nitrogen and oxygen atoms in total. The summed E-state index contributed by atoms with van der Waals surface area (Å²) in [5.74, 6) is 3.09. The number of nitrogens with zero attached hydrogens (tertiary/aromatic N) is 8. The Kier molecular flexibility index (Phi) is 5.10. The monoisotopic (exact) mass is 367 g/mol. The minimum Gasteiger partial charge on any atom is -0.383 e. The van der Waals surface area contributed by atoms with Gasteiger partial charge >= 0.3 is 0 Å². The van der Waals surface area contributed by atoms with Gasteiger partial charge in [0.25, 0.3) is 0 Å². The second-order valence-corrected chi connectivity index (χ2v) is 6.91. The molecule has 0 unspecified atom stereocenters. The Morgan fingerprint density at radius 2 is 2.04 bits per heavy atom. The Hall–Kier alpha value is -2.81. The third kappa shape index (κ3) is 3.82. The van der Waals surface area contributed by atoms with Crippen molar-refractivity contribution >= 4 is 5.82 Å². The van der Waals surface area contributed by atoms with Gasteiger partial charge < -0.3 is 10.3 Å². The Balaban J connectivity index is 1.41. The normalized spacial score (nSPS) is 16.0. The first kappa shape index (κ1) is 17.6. The highest BCUT2D eigenvalue weighted by atomic mass is 15.4. The summed E-state index contributed by atoms with van der Waals surface area (Å²) >= 11 is 0. The topological polar surface area (TPSA) is 104 Å². The fraction of sp³-hybridized carbons (Fsp3) is 0.500. The van der Waals surface area contributed by atoms with Crippen molar-refractivity contribution < 1.29 is 0 Å². The number of hydrogen-bond donors (Lipinski definition) is 1. The third-order valence-electron chi connectivity index (χ3n) is 5.22. The highest BCUT2D eigenvalue weighted by Crippen LogP contribution is 2.28. The lowest BCUT2D eigenvalue weighted by atomic mass is 9.95. The van der Waals surface area contributed by atoms with Crippen molar-refractivity contribution in [1.29, 1.82) is 0 Å². The van der Waals surface area contributed by atoms with Crippen LogP contribution in [-0.2, 0) is 19.6 Å². The number of hydrogen-bond acceptors (Lipinski definition) is 7.